The van der Waals surface area contributed by atoms with Gasteiger partial charge in [0.15, 0.2) is 0 Å². The lowest BCUT2D eigenvalue weighted by atomic mass is 10.5. The Morgan fingerprint density at radius 1 is 1.62 bits per heavy atom. The van der Waals surface area contributed by atoms with E-state index >= 15 is 0 Å². The molecule has 0 saturated carbocycles. The maximum absolute atomic E-state index is 8.41. The first-order valence-corrected chi connectivity index (χ1v) is 2.41. The zero-order valence-electron chi connectivity index (χ0n) is 4.79. The average molecular weight is 156 g/mol. The van der Waals surface area contributed by atoms with E-state index in [4.69, 9.17) is 5.11 Å². The van der Waals surface area contributed by atoms with Crippen LogP contribution < -0.4 is 12.3 Å². The number of rotatable bonds is 1. The Hall–Kier alpha value is 0.320. The standard InChI is InChI=1S/C3H6OS2.2H3N/c1-2(4)3(5)6;;/h2,4H,1H3,(H,5,6);2*1H3. The van der Waals surface area contributed by atoms with Crippen LogP contribution >= 0.6 is 24.8 Å². The number of thiocarbonyl (C=S) groups is 1. The second-order valence-electron chi connectivity index (χ2n) is 1.01. The minimum atomic E-state index is -0.552. The molecule has 0 saturated heterocycles. The molecule has 0 heterocycles. The van der Waals surface area contributed by atoms with Crippen LogP contribution in [0.15, 0.2) is 0 Å². The molecule has 0 aromatic carbocycles. The molecule has 0 aliphatic carbocycles. The quantitative estimate of drug-likeness (QED) is 0.336. The Balaban J connectivity index is -0.000000125. The maximum atomic E-state index is 8.41. The topological polar surface area (TPSA) is 90.2 Å². The monoisotopic (exact) mass is 156 g/mol. The summed E-state index contributed by atoms with van der Waals surface area (Å²) >= 11 is 8.11. The van der Waals surface area contributed by atoms with E-state index in [1.54, 1.807) is 6.92 Å². The molecule has 1 unspecified atom stereocenters. The number of hydrogen-bond acceptors (Lipinski definition) is 4. The number of hydrogen-bond donors (Lipinski definition) is 4. The molecule has 0 aromatic rings. The zero-order valence-corrected chi connectivity index (χ0v) is 6.51. The average Bonchev–Trinajstić information content (AvgIpc) is 1.36. The summed E-state index contributed by atoms with van der Waals surface area (Å²) in [6.45, 7) is 1.58. The first kappa shape index (κ1) is 15.8. The van der Waals surface area contributed by atoms with E-state index in [2.05, 4.69) is 24.8 Å². The molecule has 0 spiro atoms. The van der Waals surface area contributed by atoms with Crippen LogP contribution in [-0.2, 0) is 0 Å². The van der Waals surface area contributed by atoms with E-state index in [-0.39, 0.29) is 12.3 Å². The largest absolute Gasteiger partial charge is 0.387 e. The molecule has 0 aromatic heterocycles. The van der Waals surface area contributed by atoms with Crippen molar-refractivity contribution in [3.05, 3.63) is 0 Å². The highest BCUT2D eigenvalue weighted by atomic mass is 32.1. The van der Waals surface area contributed by atoms with Crippen LogP contribution in [0.4, 0.5) is 0 Å². The minimum absolute atomic E-state index is 0. The van der Waals surface area contributed by atoms with Crippen molar-refractivity contribution in [1.82, 2.24) is 12.3 Å². The van der Waals surface area contributed by atoms with Crippen LogP contribution in [0.3, 0.4) is 0 Å². The molecular formula is C3H12N2OS2. The van der Waals surface area contributed by atoms with Crippen molar-refractivity contribution in [3.8, 4) is 0 Å². The van der Waals surface area contributed by atoms with Crippen molar-refractivity contribution in [2.24, 2.45) is 0 Å². The Kier molecular flexibility index (Phi) is 14.4. The van der Waals surface area contributed by atoms with Gasteiger partial charge in [-0.05, 0) is 6.92 Å². The number of aliphatic hydroxyl groups is 1. The van der Waals surface area contributed by atoms with Gasteiger partial charge in [0.05, 0.1) is 10.3 Å². The lowest BCUT2D eigenvalue weighted by molar-refractivity contribution is 0.268. The number of thiol groups is 1. The number of aliphatic hydroxyl groups excluding tert-OH is 1. The molecular weight excluding hydrogens is 144 g/mol. The van der Waals surface area contributed by atoms with E-state index in [1.165, 1.54) is 0 Å². The van der Waals surface area contributed by atoms with Crippen molar-refractivity contribution in [2.45, 2.75) is 13.0 Å². The van der Waals surface area contributed by atoms with Gasteiger partial charge in [0, 0.05) is 0 Å². The van der Waals surface area contributed by atoms with Crippen LogP contribution in [0.2, 0.25) is 0 Å². The van der Waals surface area contributed by atoms with Gasteiger partial charge in [-0.2, -0.15) is 0 Å². The van der Waals surface area contributed by atoms with Crippen molar-refractivity contribution in [1.29, 1.82) is 0 Å². The van der Waals surface area contributed by atoms with E-state index < -0.39 is 6.10 Å². The van der Waals surface area contributed by atoms with Gasteiger partial charge >= 0.3 is 0 Å². The summed E-state index contributed by atoms with van der Waals surface area (Å²) < 4.78 is 0.343. The highest BCUT2D eigenvalue weighted by molar-refractivity contribution is 8.11. The fraction of sp³-hybridized carbons (Fsp3) is 0.667. The summed E-state index contributed by atoms with van der Waals surface area (Å²) in [5.41, 5.74) is 0. The first-order chi connectivity index (χ1) is 2.64. The molecule has 0 radical (unpaired) electrons. The Labute approximate surface area is 60.0 Å². The maximum Gasteiger partial charge on any atom is 0.0919 e. The Bertz CT molecular complexity index is 66.3. The highest BCUT2D eigenvalue weighted by Crippen LogP contribution is 1.89. The second-order valence-corrected chi connectivity index (χ2v) is 2.24. The molecule has 0 amide bonds. The van der Waals surface area contributed by atoms with E-state index in [0.717, 1.165) is 0 Å². The SMILES string of the molecule is CC(O)C(=S)S.N.N. The van der Waals surface area contributed by atoms with Gasteiger partial charge in [0.2, 0.25) is 0 Å². The lowest BCUT2D eigenvalue weighted by Gasteiger charge is -1.93. The molecule has 0 fully saturated rings. The normalized spacial score (nSPS) is 10.4. The highest BCUT2D eigenvalue weighted by Gasteiger charge is 1.93. The van der Waals surface area contributed by atoms with Crippen molar-refractivity contribution in [2.75, 3.05) is 0 Å². The lowest BCUT2D eigenvalue weighted by Crippen LogP contribution is -2.05. The summed E-state index contributed by atoms with van der Waals surface area (Å²) in [7, 11) is 0. The third-order valence-corrected chi connectivity index (χ3v) is 1.07. The van der Waals surface area contributed by atoms with E-state index in [9.17, 15) is 0 Å². The van der Waals surface area contributed by atoms with Crippen molar-refractivity contribution >= 4 is 29.0 Å². The third-order valence-electron chi connectivity index (χ3n) is 0.357. The fourth-order valence-corrected chi connectivity index (χ4v) is 0. The molecule has 5 heteroatoms. The zero-order chi connectivity index (χ0) is 5.15. The Morgan fingerprint density at radius 3 is 1.75 bits per heavy atom. The summed E-state index contributed by atoms with van der Waals surface area (Å²) in [5.74, 6) is 0. The minimum Gasteiger partial charge on any atom is -0.387 e. The smallest absolute Gasteiger partial charge is 0.0919 e. The van der Waals surface area contributed by atoms with Gasteiger partial charge in [-0.1, -0.05) is 12.2 Å². The molecule has 0 aliphatic rings. The van der Waals surface area contributed by atoms with Gasteiger partial charge in [-0.15, -0.1) is 12.6 Å². The summed E-state index contributed by atoms with van der Waals surface area (Å²) in [4.78, 5) is 0. The molecule has 0 aliphatic heterocycles. The van der Waals surface area contributed by atoms with Crippen LogP contribution in [-0.4, -0.2) is 15.4 Å². The van der Waals surface area contributed by atoms with Gasteiger partial charge < -0.3 is 17.4 Å². The Morgan fingerprint density at radius 2 is 1.75 bits per heavy atom. The molecule has 3 nitrogen and oxygen atoms in total. The molecule has 1 atom stereocenters. The van der Waals surface area contributed by atoms with Gasteiger partial charge in [0.1, 0.15) is 0 Å². The molecule has 0 rings (SSSR count). The van der Waals surface area contributed by atoms with Crippen molar-refractivity contribution in [3.63, 3.8) is 0 Å². The molecule has 7 N–H and O–H groups in total. The molecule has 0 bridgehead atoms. The first-order valence-electron chi connectivity index (χ1n) is 1.55. The summed E-state index contributed by atoms with van der Waals surface area (Å²) in [6, 6.07) is 0. The van der Waals surface area contributed by atoms with Gasteiger partial charge in [-0.3, -0.25) is 0 Å². The van der Waals surface area contributed by atoms with E-state index in [0.29, 0.717) is 4.20 Å². The van der Waals surface area contributed by atoms with Crippen LogP contribution in [0.1, 0.15) is 6.92 Å². The second kappa shape index (κ2) is 7.32. The predicted molar refractivity (Wildman–Crippen MR) is 43.3 cm³/mol. The van der Waals surface area contributed by atoms with Crippen molar-refractivity contribution < 1.29 is 5.11 Å². The van der Waals surface area contributed by atoms with Crippen LogP contribution in [0.5, 0.6) is 0 Å². The van der Waals surface area contributed by atoms with E-state index in [1.807, 2.05) is 0 Å². The summed E-state index contributed by atoms with van der Waals surface area (Å²) in [5, 5.41) is 8.41. The predicted octanol–water partition coefficient (Wildman–Crippen LogP) is 0.948. The summed E-state index contributed by atoms with van der Waals surface area (Å²) in [6.07, 6.45) is -0.552. The fourth-order valence-electron chi connectivity index (χ4n) is 0. The van der Waals surface area contributed by atoms with Crippen LogP contribution in [0.25, 0.3) is 0 Å². The third kappa shape index (κ3) is 9.58. The van der Waals surface area contributed by atoms with Gasteiger partial charge in [0.25, 0.3) is 0 Å². The molecule has 52 valence electrons. The van der Waals surface area contributed by atoms with Crippen LogP contribution in [0, 0.1) is 0 Å². The molecule has 8 heavy (non-hydrogen) atoms. The van der Waals surface area contributed by atoms with Gasteiger partial charge in [-0.25, -0.2) is 0 Å².